The van der Waals surface area contributed by atoms with E-state index >= 15 is 0 Å². The Balaban J connectivity index is 1.93. The van der Waals surface area contributed by atoms with Gasteiger partial charge in [0.15, 0.2) is 0 Å². The average Bonchev–Trinajstić information content (AvgIpc) is 2.78. The van der Waals surface area contributed by atoms with Crippen molar-refractivity contribution in [3.63, 3.8) is 0 Å². The van der Waals surface area contributed by atoms with Crippen LogP contribution in [0.5, 0.6) is 0 Å². The molecule has 1 saturated heterocycles. The van der Waals surface area contributed by atoms with Crippen molar-refractivity contribution < 1.29 is 19.1 Å². The quantitative estimate of drug-likeness (QED) is 0.851. The summed E-state index contributed by atoms with van der Waals surface area (Å²) in [5.74, 6) is 1.20. The maximum Gasteiger partial charge on any atom is 0.407 e. The topological polar surface area (TPSA) is 88.7 Å². The number of piperidine rings is 1. The lowest BCUT2D eigenvalue weighted by Gasteiger charge is -2.27. The Labute approximate surface area is 98.4 Å². The minimum Gasteiger partial charge on any atom is -0.465 e. The van der Waals surface area contributed by atoms with Crippen LogP contribution in [0.25, 0.3) is 0 Å². The van der Waals surface area contributed by atoms with E-state index < -0.39 is 6.09 Å². The van der Waals surface area contributed by atoms with Gasteiger partial charge in [0.2, 0.25) is 11.8 Å². The van der Waals surface area contributed by atoms with Gasteiger partial charge in [-0.3, -0.25) is 0 Å². The summed E-state index contributed by atoms with van der Waals surface area (Å²) in [4.78, 5) is 12.2. The lowest BCUT2D eigenvalue weighted by molar-refractivity contribution is 0.128. The van der Waals surface area contributed by atoms with Crippen molar-refractivity contribution in [2.75, 3.05) is 20.2 Å². The zero-order valence-corrected chi connectivity index (χ0v) is 9.63. The minimum atomic E-state index is -0.867. The molecule has 0 aromatic carbocycles. The number of ether oxygens (including phenoxy) is 1. The summed E-state index contributed by atoms with van der Waals surface area (Å²) in [6.45, 7) is 1.34. The highest BCUT2D eigenvalue weighted by atomic mass is 16.5. The second kappa shape index (κ2) is 5.13. The van der Waals surface area contributed by atoms with Crippen molar-refractivity contribution in [1.29, 1.82) is 0 Å². The average molecular weight is 241 g/mol. The largest absolute Gasteiger partial charge is 0.465 e. The van der Waals surface area contributed by atoms with Crippen LogP contribution in [0.4, 0.5) is 4.79 Å². The van der Waals surface area contributed by atoms with Gasteiger partial charge in [0, 0.05) is 26.1 Å². The maximum absolute atomic E-state index is 10.7. The fourth-order valence-electron chi connectivity index (χ4n) is 1.93. The van der Waals surface area contributed by atoms with Gasteiger partial charge in [-0.05, 0) is 12.8 Å². The fourth-order valence-corrected chi connectivity index (χ4v) is 1.93. The van der Waals surface area contributed by atoms with Crippen LogP contribution in [0.15, 0.2) is 4.42 Å². The molecule has 0 unspecified atom stereocenters. The molecule has 1 aliphatic rings. The van der Waals surface area contributed by atoms with Gasteiger partial charge >= 0.3 is 6.09 Å². The van der Waals surface area contributed by atoms with E-state index in [4.69, 9.17) is 14.3 Å². The monoisotopic (exact) mass is 241 g/mol. The molecular weight excluding hydrogens is 226 g/mol. The van der Waals surface area contributed by atoms with E-state index in [2.05, 4.69) is 10.2 Å². The summed E-state index contributed by atoms with van der Waals surface area (Å²) in [5.41, 5.74) is 0. The van der Waals surface area contributed by atoms with Crippen LogP contribution >= 0.6 is 0 Å². The van der Waals surface area contributed by atoms with E-state index in [1.807, 2.05) is 0 Å². The van der Waals surface area contributed by atoms with Crippen LogP contribution in [0, 0.1) is 0 Å². The number of carbonyl (C=O) groups is 1. The molecular formula is C10H15N3O4. The Morgan fingerprint density at radius 1 is 1.53 bits per heavy atom. The molecule has 0 bridgehead atoms. The molecule has 94 valence electrons. The third-order valence-electron chi connectivity index (χ3n) is 2.87. The van der Waals surface area contributed by atoms with E-state index in [9.17, 15) is 4.79 Å². The number of methoxy groups -OCH3 is 1. The number of carboxylic acid groups (broad SMARTS) is 1. The number of rotatable bonds is 3. The molecule has 1 N–H and O–H groups in total. The van der Waals surface area contributed by atoms with Gasteiger partial charge in [-0.1, -0.05) is 0 Å². The highest BCUT2D eigenvalue weighted by molar-refractivity contribution is 5.65. The smallest absolute Gasteiger partial charge is 0.407 e. The summed E-state index contributed by atoms with van der Waals surface area (Å²) in [6, 6.07) is 0. The minimum absolute atomic E-state index is 0.156. The van der Waals surface area contributed by atoms with Crippen molar-refractivity contribution in [3.8, 4) is 0 Å². The molecule has 0 spiro atoms. The predicted octanol–water partition coefficient (Wildman–Crippen LogP) is 1.07. The second-order valence-electron chi connectivity index (χ2n) is 4.01. The maximum atomic E-state index is 10.7. The Kier molecular flexibility index (Phi) is 3.58. The Morgan fingerprint density at radius 3 is 2.82 bits per heavy atom. The van der Waals surface area contributed by atoms with Crippen LogP contribution in [0.3, 0.4) is 0 Å². The molecule has 1 fully saturated rings. The summed E-state index contributed by atoms with van der Waals surface area (Å²) in [5, 5.41) is 16.7. The summed E-state index contributed by atoms with van der Waals surface area (Å²) < 4.78 is 10.3. The Hall–Kier alpha value is -1.63. The third kappa shape index (κ3) is 2.73. The first-order valence-corrected chi connectivity index (χ1v) is 5.49. The lowest BCUT2D eigenvalue weighted by atomic mass is 9.97. The van der Waals surface area contributed by atoms with Crippen molar-refractivity contribution in [2.24, 2.45) is 0 Å². The van der Waals surface area contributed by atoms with Crippen LogP contribution in [0.1, 0.15) is 30.5 Å². The number of nitrogens with zero attached hydrogens (tertiary/aromatic N) is 3. The Bertz CT molecular complexity index is 385. The first-order valence-electron chi connectivity index (χ1n) is 5.49. The first-order chi connectivity index (χ1) is 8.20. The van der Waals surface area contributed by atoms with Crippen molar-refractivity contribution in [2.45, 2.75) is 25.4 Å². The number of aromatic nitrogens is 2. The molecule has 0 saturated carbocycles. The van der Waals surface area contributed by atoms with Gasteiger partial charge in [-0.2, -0.15) is 0 Å². The number of hydrogen-bond donors (Lipinski definition) is 1. The highest BCUT2D eigenvalue weighted by Gasteiger charge is 2.26. The van der Waals surface area contributed by atoms with Gasteiger partial charge < -0.3 is 19.2 Å². The molecule has 2 rings (SSSR count). The van der Waals surface area contributed by atoms with Gasteiger partial charge in [-0.15, -0.1) is 10.2 Å². The molecule has 1 aliphatic heterocycles. The second-order valence-corrected chi connectivity index (χ2v) is 4.01. The molecule has 17 heavy (non-hydrogen) atoms. The third-order valence-corrected chi connectivity index (χ3v) is 2.87. The molecule has 0 atom stereocenters. The van der Waals surface area contributed by atoms with E-state index in [0.29, 0.717) is 31.5 Å². The fraction of sp³-hybridized carbons (Fsp3) is 0.700. The zero-order valence-electron chi connectivity index (χ0n) is 9.63. The molecule has 7 nitrogen and oxygen atoms in total. The van der Waals surface area contributed by atoms with Gasteiger partial charge in [0.05, 0.1) is 0 Å². The summed E-state index contributed by atoms with van der Waals surface area (Å²) in [6.07, 6.45) is 0.580. The van der Waals surface area contributed by atoms with E-state index in [0.717, 1.165) is 12.8 Å². The molecule has 0 aliphatic carbocycles. The van der Waals surface area contributed by atoms with Gasteiger partial charge in [0.25, 0.3) is 0 Å². The van der Waals surface area contributed by atoms with Crippen LogP contribution in [0.2, 0.25) is 0 Å². The lowest BCUT2D eigenvalue weighted by Crippen LogP contribution is -2.36. The van der Waals surface area contributed by atoms with Gasteiger partial charge in [0.1, 0.15) is 6.61 Å². The Morgan fingerprint density at radius 2 is 2.24 bits per heavy atom. The van der Waals surface area contributed by atoms with Crippen molar-refractivity contribution in [1.82, 2.24) is 15.1 Å². The number of amides is 1. The summed E-state index contributed by atoms with van der Waals surface area (Å²) >= 11 is 0. The normalized spacial score (nSPS) is 17.4. The van der Waals surface area contributed by atoms with E-state index in [1.54, 1.807) is 7.11 Å². The number of likely N-dealkylation sites (tertiary alicyclic amines) is 1. The highest BCUT2D eigenvalue weighted by Crippen LogP contribution is 2.26. The van der Waals surface area contributed by atoms with Gasteiger partial charge in [-0.25, -0.2) is 4.79 Å². The van der Waals surface area contributed by atoms with Crippen LogP contribution < -0.4 is 0 Å². The zero-order chi connectivity index (χ0) is 12.3. The van der Waals surface area contributed by atoms with Crippen molar-refractivity contribution in [3.05, 3.63) is 11.8 Å². The SMILES string of the molecule is COCc1nnc(C2CCN(C(=O)O)CC2)o1. The predicted molar refractivity (Wildman–Crippen MR) is 56.6 cm³/mol. The van der Waals surface area contributed by atoms with Crippen LogP contribution in [-0.4, -0.2) is 46.5 Å². The molecule has 1 aromatic rings. The van der Waals surface area contributed by atoms with Crippen LogP contribution in [-0.2, 0) is 11.3 Å². The molecule has 7 heteroatoms. The van der Waals surface area contributed by atoms with E-state index in [-0.39, 0.29) is 5.92 Å². The molecule has 2 heterocycles. The number of hydrogen-bond acceptors (Lipinski definition) is 5. The molecule has 1 aromatic heterocycles. The molecule has 0 radical (unpaired) electrons. The summed E-state index contributed by atoms with van der Waals surface area (Å²) in [7, 11) is 1.56. The van der Waals surface area contributed by atoms with Crippen molar-refractivity contribution >= 4 is 6.09 Å². The standard InChI is InChI=1S/C10H15N3O4/c1-16-6-8-11-12-9(17-8)7-2-4-13(5-3-7)10(14)15/h7H,2-6H2,1H3,(H,14,15). The van der Waals surface area contributed by atoms with E-state index in [1.165, 1.54) is 4.90 Å². The molecule has 1 amide bonds. The first kappa shape index (κ1) is 11.8.